The molecule has 2 aliphatic rings. The van der Waals surface area contributed by atoms with Crippen LogP contribution in [0.25, 0.3) is 0 Å². The number of hydrogen-bond donors (Lipinski definition) is 1. The summed E-state index contributed by atoms with van der Waals surface area (Å²) in [7, 11) is 0. The van der Waals surface area contributed by atoms with E-state index in [4.69, 9.17) is 25.5 Å². The Morgan fingerprint density at radius 1 is 1.28 bits per heavy atom. The molecular weight excluding hydrogens is 508 g/mol. The van der Waals surface area contributed by atoms with Crippen molar-refractivity contribution >= 4 is 34.8 Å². The number of rotatable bonds is 7. The molecule has 3 aromatic heterocycles. The molecule has 3 atom stereocenters. The minimum atomic E-state index is -0.803. The van der Waals surface area contributed by atoms with Crippen molar-refractivity contribution in [2.45, 2.75) is 38.1 Å². The van der Waals surface area contributed by atoms with Gasteiger partial charge in [-0.2, -0.15) is 9.78 Å². The number of aromatic nitrogens is 2. The number of carbonyl (C=O) groups is 2. The van der Waals surface area contributed by atoms with Gasteiger partial charge in [-0.1, -0.05) is 11.6 Å². The molecule has 5 rings (SSSR count). The smallest absolute Gasteiger partial charge is 0.284 e. The Hall–Kier alpha value is -2.70. The van der Waals surface area contributed by atoms with Gasteiger partial charge < -0.3 is 23.9 Å². The number of hydrogen-bond acceptors (Lipinski definition) is 9. The Morgan fingerprint density at radius 2 is 2.08 bits per heavy atom. The number of carbonyl (C=O) groups excluding carboxylic acids is 2. The summed E-state index contributed by atoms with van der Waals surface area (Å²) in [6.45, 7) is 4.44. The van der Waals surface area contributed by atoms with Gasteiger partial charge in [0.25, 0.3) is 5.91 Å². The highest BCUT2D eigenvalue weighted by Gasteiger charge is 2.41. The van der Waals surface area contributed by atoms with Gasteiger partial charge in [0.15, 0.2) is 0 Å². The minimum absolute atomic E-state index is 0.0378. The average molecular weight is 535 g/mol. The van der Waals surface area contributed by atoms with Gasteiger partial charge in [-0.05, 0) is 31.5 Å². The van der Waals surface area contributed by atoms with Gasteiger partial charge in [0, 0.05) is 36.0 Å². The van der Waals surface area contributed by atoms with E-state index in [0.29, 0.717) is 48.3 Å². The number of morpholine rings is 1. The average Bonchev–Trinajstić information content (AvgIpc) is 3.68. The van der Waals surface area contributed by atoms with Crippen LogP contribution in [0.15, 0.2) is 41.2 Å². The molecule has 0 aromatic carbocycles. The normalized spacial score (nSPS) is 22.8. The molecule has 2 aliphatic heterocycles. The molecule has 0 aliphatic carbocycles. The van der Waals surface area contributed by atoms with Crippen molar-refractivity contribution in [3.63, 3.8) is 0 Å². The maximum atomic E-state index is 13.1. The van der Waals surface area contributed by atoms with E-state index in [0.717, 1.165) is 4.88 Å². The quantitative estimate of drug-likeness (QED) is 0.493. The Morgan fingerprint density at radius 3 is 2.78 bits per heavy atom. The lowest BCUT2D eigenvalue weighted by Gasteiger charge is -2.31. The molecule has 1 amide bonds. The van der Waals surface area contributed by atoms with Crippen molar-refractivity contribution in [1.82, 2.24) is 19.6 Å². The zero-order chi connectivity index (χ0) is 25.2. The van der Waals surface area contributed by atoms with Gasteiger partial charge in [0.2, 0.25) is 11.8 Å². The first-order valence-electron chi connectivity index (χ1n) is 11.7. The topological polar surface area (TPSA) is 110 Å². The first kappa shape index (κ1) is 25.0. The second-order valence-electron chi connectivity index (χ2n) is 8.86. The molecule has 5 heterocycles. The fraction of sp³-hybridized carbons (Fsp3) is 0.458. The molecule has 3 unspecified atom stereocenters. The predicted octanol–water partition coefficient (Wildman–Crippen LogP) is 2.81. The molecule has 1 N–H and O–H groups in total. The highest BCUT2D eigenvalue weighted by molar-refractivity contribution is 7.16. The van der Waals surface area contributed by atoms with Gasteiger partial charge in [0.05, 0.1) is 41.6 Å². The summed E-state index contributed by atoms with van der Waals surface area (Å²) in [5, 5.41) is 15.4. The van der Waals surface area contributed by atoms with Gasteiger partial charge in [-0.15, -0.1) is 11.3 Å². The molecule has 3 aromatic rings. The van der Waals surface area contributed by atoms with Crippen LogP contribution in [-0.4, -0.2) is 81.6 Å². The van der Waals surface area contributed by atoms with Gasteiger partial charge in [-0.25, -0.2) is 0 Å². The monoisotopic (exact) mass is 534 g/mol. The van der Waals surface area contributed by atoms with Crippen LogP contribution in [0, 0.1) is 0 Å². The van der Waals surface area contributed by atoms with Crippen LogP contribution in [-0.2, 0) is 16.1 Å². The number of halogens is 1. The number of aliphatic hydroxyl groups excluding tert-OH is 1. The number of amides is 1. The van der Waals surface area contributed by atoms with Crippen molar-refractivity contribution in [1.29, 1.82) is 0 Å². The molecule has 0 bridgehead atoms. The third-order valence-electron chi connectivity index (χ3n) is 6.66. The first-order chi connectivity index (χ1) is 17.4. The van der Waals surface area contributed by atoms with Gasteiger partial charge >= 0.3 is 0 Å². The zero-order valence-corrected chi connectivity index (χ0v) is 21.3. The lowest BCUT2D eigenvalue weighted by molar-refractivity contribution is -0.139. The van der Waals surface area contributed by atoms with Crippen LogP contribution >= 0.6 is 22.9 Å². The maximum absolute atomic E-state index is 13.1. The van der Waals surface area contributed by atoms with Crippen molar-refractivity contribution < 1.29 is 28.6 Å². The summed E-state index contributed by atoms with van der Waals surface area (Å²) >= 11 is 7.43. The number of thiophene rings is 1. The highest BCUT2D eigenvalue weighted by atomic mass is 35.5. The minimum Gasteiger partial charge on any atom is -0.472 e. The highest BCUT2D eigenvalue weighted by Crippen LogP contribution is 2.37. The van der Waals surface area contributed by atoms with E-state index < -0.39 is 6.23 Å². The molecule has 2 saturated heterocycles. The number of aliphatic hydroxyl groups is 1. The van der Waals surface area contributed by atoms with E-state index in [9.17, 15) is 14.7 Å². The van der Waals surface area contributed by atoms with E-state index in [1.165, 1.54) is 28.5 Å². The second kappa shape index (κ2) is 10.7. The lowest BCUT2D eigenvalue weighted by atomic mass is 9.98. The van der Waals surface area contributed by atoms with Crippen LogP contribution in [0.3, 0.4) is 0 Å². The van der Waals surface area contributed by atoms with Crippen LogP contribution in [0.2, 0.25) is 4.34 Å². The SMILES string of the molecule is CC1C(c2cc(OCc3ccc(Cl)s3)n(C(=O)c3ccoc3)n2)CC(O)N1CC(=O)N1CCOCC1. The largest absolute Gasteiger partial charge is 0.472 e. The second-order valence-corrected chi connectivity index (χ2v) is 10.7. The molecule has 12 heteroatoms. The predicted molar refractivity (Wildman–Crippen MR) is 131 cm³/mol. The molecule has 192 valence electrons. The Balaban J connectivity index is 1.35. The molecule has 2 fully saturated rings. The Labute approximate surface area is 216 Å². The number of ether oxygens (including phenoxy) is 2. The molecule has 0 radical (unpaired) electrons. The van der Waals surface area contributed by atoms with Crippen LogP contribution < -0.4 is 4.74 Å². The summed E-state index contributed by atoms with van der Waals surface area (Å²) in [6.07, 6.45) is 2.36. The zero-order valence-electron chi connectivity index (χ0n) is 19.7. The summed E-state index contributed by atoms with van der Waals surface area (Å²) in [6, 6.07) is 6.77. The van der Waals surface area contributed by atoms with Crippen LogP contribution in [0.1, 0.15) is 40.2 Å². The molecule has 36 heavy (non-hydrogen) atoms. The summed E-state index contributed by atoms with van der Waals surface area (Å²) in [5.74, 6) is -0.344. The number of furan rings is 1. The number of likely N-dealkylation sites (tertiary alicyclic amines) is 1. The fourth-order valence-electron chi connectivity index (χ4n) is 4.64. The van der Waals surface area contributed by atoms with Gasteiger partial charge in [-0.3, -0.25) is 14.5 Å². The summed E-state index contributed by atoms with van der Waals surface area (Å²) in [4.78, 5) is 30.4. The molecular formula is C24H27ClN4O6S. The Kier molecular flexibility index (Phi) is 7.44. The third kappa shape index (κ3) is 5.21. The first-order valence-corrected chi connectivity index (χ1v) is 12.9. The summed E-state index contributed by atoms with van der Waals surface area (Å²) < 4.78 is 18.2. The lowest BCUT2D eigenvalue weighted by Crippen LogP contribution is -2.48. The van der Waals surface area contributed by atoms with E-state index in [1.807, 2.05) is 13.0 Å². The van der Waals surface area contributed by atoms with Crippen molar-refractivity contribution in [3.8, 4) is 5.88 Å². The standard InChI is InChI=1S/C24H27ClN4O6S/c1-15-18(10-21(30)28(15)12-22(31)27-5-8-33-9-6-27)19-11-23(35-14-17-2-3-20(25)36-17)29(26-19)24(32)16-4-7-34-13-16/h2-4,7,11,13,15,18,21,30H,5-6,8-10,12,14H2,1H3. The molecule has 10 nitrogen and oxygen atoms in total. The van der Waals surface area contributed by atoms with E-state index in [1.54, 1.807) is 28.0 Å². The molecule has 0 spiro atoms. The van der Waals surface area contributed by atoms with Crippen LogP contribution in [0.4, 0.5) is 0 Å². The van der Waals surface area contributed by atoms with E-state index in [-0.39, 0.29) is 42.8 Å². The van der Waals surface area contributed by atoms with Crippen molar-refractivity contribution in [3.05, 3.63) is 57.3 Å². The molecule has 0 saturated carbocycles. The van der Waals surface area contributed by atoms with E-state index >= 15 is 0 Å². The van der Waals surface area contributed by atoms with Crippen molar-refractivity contribution in [2.75, 3.05) is 32.8 Å². The fourth-order valence-corrected chi connectivity index (χ4v) is 5.64. The third-order valence-corrected chi connectivity index (χ3v) is 7.87. The maximum Gasteiger partial charge on any atom is 0.284 e. The summed E-state index contributed by atoms with van der Waals surface area (Å²) in [5.41, 5.74) is 0.949. The van der Waals surface area contributed by atoms with Crippen molar-refractivity contribution in [2.24, 2.45) is 0 Å². The Bertz CT molecular complexity index is 1210. The van der Waals surface area contributed by atoms with Gasteiger partial charge in [0.1, 0.15) is 19.1 Å². The number of nitrogens with zero attached hydrogens (tertiary/aromatic N) is 4. The van der Waals surface area contributed by atoms with Crippen LogP contribution in [0.5, 0.6) is 5.88 Å². The van der Waals surface area contributed by atoms with E-state index in [2.05, 4.69) is 5.10 Å².